The summed E-state index contributed by atoms with van der Waals surface area (Å²) in [5.74, 6) is 0.575. The van der Waals surface area contributed by atoms with Crippen molar-refractivity contribution in [3.05, 3.63) is 64.2 Å². The van der Waals surface area contributed by atoms with Crippen molar-refractivity contribution in [2.75, 3.05) is 0 Å². The minimum atomic E-state index is -0.183. The summed E-state index contributed by atoms with van der Waals surface area (Å²) in [4.78, 5) is 18.5. The third-order valence-electron chi connectivity index (χ3n) is 4.10. The molecule has 3 aromatic rings. The molecule has 4 rings (SSSR count). The summed E-state index contributed by atoms with van der Waals surface area (Å²) >= 11 is 12.0. The highest BCUT2D eigenvalue weighted by Gasteiger charge is 2.35. The van der Waals surface area contributed by atoms with Crippen LogP contribution in [0.4, 0.5) is 0 Å². The molecule has 2 heterocycles. The van der Waals surface area contributed by atoms with E-state index in [2.05, 4.69) is 15.2 Å². The number of amides is 1. The Balaban J connectivity index is 1.55. The molecule has 0 N–H and O–H groups in total. The topological polar surface area (TPSA) is 72.1 Å². The highest BCUT2D eigenvalue weighted by molar-refractivity contribution is 6.32. The Bertz CT molecular complexity index is 938. The van der Waals surface area contributed by atoms with E-state index >= 15 is 0 Å². The first-order chi connectivity index (χ1) is 12.6. The molecule has 8 heteroatoms. The molecule has 1 aromatic carbocycles. The number of carbonyl (C=O) groups excluding carboxylic acids is 1. The molecule has 6 nitrogen and oxygen atoms in total. The standard InChI is InChI=1S/C18H14Cl2N4O2/c19-12-5-3-11(4-6-12)17-23-22-15(26-17)10-24(13-7-8-13)18(25)14-2-1-9-21-16(14)20/h1-6,9,13H,7-8,10H2. The maximum Gasteiger partial charge on any atom is 0.257 e. The molecule has 132 valence electrons. The zero-order valence-electron chi connectivity index (χ0n) is 13.6. The van der Waals surface area contributed by atoms with Crippen LogP contribution in [0.1, 0.15) is 29.1 Å². The average Bonchev–Trinajstić information content (AvgIpc) is 3.38. The summed E-state index contributed by atoms with van der Waals surface area (Å²) in [5.41, 5.74) is 1.14. The van der Waals surface area contributed by atoms with Gasteiger partial charge in [-0.3, -0.25) is 4.79 Å². The lowest BCUT2D eigenvalue weighted by Crippen LogP contribution is -2.33. The molecule has 1 amide bonds. The van der Waals surface area contributed by atoms with Gasteiger partial charge in [-0.05, 0) is 49.2 Å². The highest BCUT2D eigenvalue weighted by Crippen LogP contribution is 2.31. The lowest BCUT2D eigenvalue weighted by Gasteiger charge is -2.20. The predicted octanol–water partition coefficient (Wildman–Crippen LogP) is 4.24. The van der Waals surface area contributed by atoms with Crippen LogP contribution in [0.2, 0.25) is 10.2 Å². The molecular formula is C18H14Cl2N4O2. The number of carbonyl (C=O) groups is 1. The van der Waals surface area contributed by atoms with Crippen LogP contribution >= 0.6 is 23.2 Å². The summed E-state index contributed by atoms with van der Waals surface area (Å²) in [6.07, 6.45) is 3.45. The second-order valence-electron chi connectivity index (χ2n) is 6.01. The predicted molar refractivity (Wildman–Crippen MR) is 96.9 cm³/mol. The average molecular weight is 389 g/mol. The number of rotatable bonds is 5. The maximum atomic E-state index is 12.9. The molecule has 2 aromatic heterocycles. The molecule has 0 aliphatic heterocycles. The van der Waals surface area contributed by atoms with Gasteiger partial charge < -0.3 is 9.32 Å². The van der Waals surface area contributed by atoms with Gasteiger partial charge in [0.2, 0.25) is 11.8 Å². The fraction of sp³-hybridized carbons (Fsp3) is 0.222. The van der Waals surface area contributed by atoms with Crippen molar-refractivity contribution in [1.82, 2.24) is 20.1 Å². The molecule has 1 aliphatic carbocycles. The van der Waals surface area contributed by atoms with E-state index in [9.17, 15) is 4.79 Å². The van der Waals surface area contributed by atoms with E-state index in [0.717, 1.165) is 18.4 Å². The Morgan fingerprint density at radius 1 is 1.15 bits per heavy atom. The van der Waals surface area contributed by atoms with Crippen LogP contribution in [0.25, 0.3) is 11.5 Å². The summed E-state index contributed by atoms with van der Waals surface area (Å²) in [5, 5.41) is 8.96. The quantitative estimate of drug-likeness (QED) is 0.611. The third-order valence-corrected chi connectivity index (χ3v) is 4.65. The molecule has 0 bridgehead atoms. The molecule has 1 fully saturated rings. The Morgan fingerprint density at radius 3 is 2.62 bits per heavy atom. The Morgan fingerprint density at radius 2 is 1.92 bits per heavy atom. The lowest BCUT2D eigenvalue weighted by atomic mass is 10.2. The minimum absolute atomic E-state index is 0.157. The van der Waals surface area contributed by atoms with E-state index in [0.29, 0.717) is 22.4 Å². The van der Waals surface area contributed by atoms with E-state index in [1.165, 1.54) is 0 Å². The maximum absolute atomic E-state index is 12.9. The van der Waals surface area contributed by atoms with Gasteiger partial charge in [0.15, 0.2) is 0 Å². The second-order valence-corrected chi connectivity index (χ2v) is 6.81. The first-order valence-corrected chi connectivity index (χ1v) is 8.87. The van der Waals surface area contributed by atoms with Crippen molar-refractivity contribution in [3.63, 3.8) is 0 Å². The van der Waals surface area contributed by atoms with Gasteiger partial charge in [0, 0.05) is 22.8 Å². The number of pyridine rings is 1. The first kappa shape index (κ1) is 17.0. The third kappa shape index (κ3) is 3.57. The summed E-state index contributed by atoms with van der Waals surface area (Å²) in [6.45, 7) is 0.231. The monoisotopic (exact) mass is 388 g/mol. The van der Waals surface area contributed by atoms with Crippen molar-refractivity contribution in [2.45, 2.75) is 25.4 Å². The van der Waals surface area contributed by atoms with Crippen LogP contribution in [0.5, 0.6) is 0 Å². The highest BCUT2D eigenvalue weighted by atomic mass is 35.5. The van der Waals surface area contributed by atoms with Crippen molar-refractivity contribution in [3.8, 4) is 11.5 Å². The second kappa shape index (κ2) is 7.05. The van der Waals surface area contributed by atoms with E-state index in [4.69, 9.17) is 27.6 Å². The first-order valence-electron chi connectivity index (χ1n) is 8.11. The largest absolute Gasteiger partial charge is 0.419 e. The Hall–Kier alpha value is -2.44. The molecule has 0 saturated heterocycles. The van der Waals surface area contributed by atoms with Crippen molar-refractivity contribution in [2.24, 2.45) is 0 Å². The molecule has 0 spiro atoms. The number of hydrogen-bond donors (Lipinski definition) is 0. The lowest BCUT2D eigenvalue weighted by molar-refractivity contribution is 0.0714. The molecule has 26 heavy (non-hydrogen) atoms. The molecular weight excluding hydrogens is 375 g/mol. The zero-order valence-corrected chi connectivity index (χ0v) is 15.1. The smallest absolute Gasteiger partial charge is 0.257 e. The van der Waals surface area contributed by atoms with E-state index in [-0.39, 0.29) is 23.6 Å². The van der Waals surface area contributed by atoms with Gasteiger partial charge >= 0.3 is 0 Å². The molecule has 1 aliphatic rings. The van der Waals surface area contributed by atoms with Crippen LogP contribution in [0, 0.1) is 0 Å². The molecule has 0 unspecified atom stereocenters. The van der Waals surface area contributed by atoms with Gasteiger partial charge in [-0.2, -0.15) is 0 Å². The van der Waals surface area contributed by atoms with Crippen molar-refractivity contribution >= 4 is 29.1 Å². The molecule has 0 radical (unpaired) electrons. The minimum Gasteiger partial charge on any atom is -0.419 e. The fourth-order valence-electron chi connectivity index (χ4n) is 2.63. The van der Waals surface area contributed by atoms with Crippen LogP contribution in [-0.2, 0) is 6.54 Å². The SMILES string of the molecule is O=C(c1cccnc1Cl)N(Cc1nnc(-c2ccc(Cl)cc2)o1)C1CC1. The number of benzene rings is 1. The normalized spacial score (nSPS) is 13.6. The van der Waals surface area contributed by atoms with Gasteiger partial charge in [0.25, 0.3) is 5.91 Å². The Kier molecular flexibility index (Phi) is 4.61. The summed E-state index contributed by atoms with van der Waals surface area (Å²) in [7, 11) is 0. The van der Waals surface area contributed by atoms with E-state index in [1.54, 1.807) is 47.5 Å². The fourth-order valence-corrected chi connectivity index (χ4v) is 2.95. The van der Waals surface area contributed by atoms with Crippen LogP contribution in [-0.4, -0.2) is 32.0 Å². The van der Waals surface area contributed by atoms with Gasteiger partial charge in [-0.25, -0.2) is 4.98 Å². The van der Waals surface area contributed by atoms with Gasteiger partial charge in [0.05, 0.1) is 12.1 Å². The number of nitrogens with zero attached hydrogens (tertiary/aromatic N) is 4. The summed E-state index contributed by atoms with van der Waals surface area (Å²) < 4.78 is 5.73. The molecule has 0 atom stereocenters. The van der Waals surface area contributed by atoms with Gasteiger partial charge in [0.1, 0.15) is 5.15 Å². The number of hydrogen-bond acceptors (Lipinski definition) is 5. The summed E-state index contributed by atoms with van der Waals surface area (Å²) in [6, 6.07) is 10.6. The number of aromatic nitrogens is 3. The van der Waals surface area contributed by atoms with Gasteiger partial charge in [-0.1, -0.05) is 23.2 Å². The van der Waals surface area contributed by atoms with Gasteiger partial charge in [-0.15, -0.1) is 10.2 Å². The van der Waals surface area contributed by atoms with Crippen LogP contribution in [0.15, 0.2) is 47.0 Å². The van der Waals surface area contributed by atoms with Crippen molar-refractivity contribution < 1.29 is 9.21 Å². The number of halogens is 2. The Labute approximate surface area is 159 Å². The van der Waals surface area contributed by atoms with Crippen LogP contribution < -0.4 is 0 Å². The van der Waals surface area contributed by atoms with E-state index in [1.807, 2.05) is 0 Å². The van der Waals surface area contributed by atoms with Crippen molar-refractivity contribution in [1.29, 1.82) is 0 Å². The zero-order chi connectivity index (χ0) is 18.1. The van der Waals surface area contributed by atoms with E-state index < -0.39 is 0 Å². The molecule has 1 saturated carbocycles. The van der Waals surface area contributed by atoms with Crippen LogP contribution in [0.3, 0.4) is 0 Å².